The van der Waals surface area contributed by atoms with E-state index in [9.17, 15) is 0 Å². The van der Waals surface area contributed by atoms with E-state index in [0.717, 1.165) is 0 Å². The van der Waals surface area contributed by atoms with Crippen LogP contribution in [0.3, 0.4) is 0 Å². The Hall–Kier alpha value is -7.28. The maximum atomic E-state index is 2.47. The molecule has 11 aromatic rings. The Kier molecular flexibility index (Phi) is 7.60. The maximum Gasteiger partial charge on any atom is -0.00141 e. The van der Waals surface area contributed by atoms with Gasteiger partial charge in [-0.3, -0.25) is 0 Å². The summed E-state index contributed by atoms with van der Waals surface area (Å²) in [6.07, 6.45) is 0. The third-order valence-electron chi connectivity index (χ3n) is 11.7. The molecule has 0 bridgehead atoms. The molecule has 0 heteroatoms. The Labute approximate surface area is 326 Å². The largest absolute Gasteiger partial charge is 0.0622 e. The van der Waals surface area contributed by atoms with Crippen LogP contribution in [-0.2, 0) is 0 Å². The molecule has 0 unspecified atom stereocenters. The first-order chi connectivity index (χ1) is 27.8. The smallest absolute Gasteiger partial charge is 0.00141 e. The van der Waals surface area contributed by atoms with E-state index in [1.165, 1.54) is 110 Å². The zero-order valence-corrected chi connectivity index (χ0v) is 30.8. The second-order valence-electron chi connectivity index (χ2n) is 14.8. The van der Waals surface area contributed by atoms with Crippen LogP contribution in [0.4, 0.5) is 0 Å². The molecule has 0 spiro atoms. The molecular weight excluding hydrogens is 673 g/mol. The van der Waals surface area contributed by atoms with Crippen molar-refractivity contribution >= 4 is 43.1 Å². The van der Waals surface area contributed by atoms with E-state index in [1.54, 1.807) is 0 Å². The number of rotatable bonds is 6. The van der Waals surface area contributed by atoms with Crippen LogP contribution in [0.1, 0.15) is 0 Å². The van der Waals surface area contributed by atoms with Gasteiger partial charge >= 0.3 is 0 Å². The van der Waals surface area contributed by atoms with Crippen molar-refractivity contribution in [2.24, 2.45) is 0 Å². The molecule has 0 aliphatic carbocycles. The highest BCUT2D eigenvalue weighted by Crippen LogP contribution is 2.49. The van der Waals surface area contributed by atoms with Gasteiger partial charge in [0.25, 0.3) is 0 Å². The fourth-order valence-electron chi connectivity index (χ4n) is 9.08. The summed E-state index contributed by atoms with van der Waals surface area (Å²) in [4.78, 5) is 0. The summed E-state index contributed by atoms with van der Waals surface area (Å²) in [6, 6.07) is 80.4. The minimum atomic E-state index is 1.21. The molecule has 0 nitrogen and oxygen atoms in total. The highest BCUT2D eigenvalue weighted by Gasteiger charge is 2.22. The molecule has 0 fully saturated rings. The first kappa shape index (κ1) is 32.2. The van der Waals surface area contributed by atoms with Gasteiger partial charge in [-0.2, -0.15) is 0 Å². The van der Waals surface area contributed by atoms with Crippen LogP contribution < -0.4 is 0 Å². The van der Waals surface area contributed by atoms with E-state index < -0.39 is 0 Å². The highest BCUT2D eigenvalue weighted by molar-refractivity contribution is 6.30. The van der Waals surface area contributed by atoms with Crippen molar-refractivity contribution in [3.63, 3.8) is 0 Å². The van der Waals surface area contributed by atoms with Gasteiger partial charge in [0.2, 0.25) is 0 Å². The summed E-state index contributed by atoms with van der Waals surface area (Å²) in [5, 5.41) is 10.2. The van der Waals surface area contributed by atoms with Gasteiger partial charge in [-0.15, -0.1) is 0 Å². The minimum absolute atomic E-state index is 1.21. The second-order valence-corrected chi connectivity index (χ2v) is 14.8. The SMILES string of the molecule is c1ccc(-c2ccccc2-c2ccc3ccc4c(-c5ccccc5-c5ccccc5)cc(-c5ccccc5-c5ccc6ccccc6c5)c5ccc2c3c45)cc1. The zero-order valence-electron chi connectivity index (χ0n) is 30.8. The van der Waals surface area contributed by atoms with Crippen LogP contribution in [0.25, 0.3) is 110 Å². The van der Waals surface area contributed by atoms with Gasteiger partial charge in [0.1, 0.15) is 0 Å². The zero-order chi connectivity index (χ0) is 37.0. The van der Waals surface area contributed by atoms with E-state index in [0.29, 0.717) is 0 Å². The van der Waals surface area contributed by atoms with Gasteiger partial charge in [0.15, 0.2) is 0 Å². The molecular formula is C56H36. The quantitative estimate of drug-likeness (QED) is 0.151. The fourth-order valence-corrected chi connectivity index (χ4v) is 9.08. The van der Waals surface area contributed by atoms with Crippen LogP contribution in [0.15, 0.2) is 218 Å². The van der Waals surface area contributed by atoms with Crippen molar-refractivity contribution in [1.29, 1.82) is 0 Å². The first-order valence-corrected chi connectivity index (χ1v) is 19.4. The number of fused-ring (bicyclic) bond motifs is 1. The van der Waals surface area contributed by atoms with Crippen LogP contribution in [0.5, 0.6) is 0 Å². The third-order valence-corrected chi connectivity index (χ3v) is 11.7. The van der Waals surface area contributed by atoms with Gasteiger partial charge < -0.3 is 0 Å². The van der Waals surface area contributed by atoms with Crippen LogP contribution in [0.2, 0.25) is 0 Å². The van der Waals surface area contributed by atoms with Crippen LogP contribution >= 0.6 is 0 Å². The Balaban J connectivity index is 1.24. The molecule has 11 rings (SSSR count). The summed E-state index contributed by atoms with van der Waals surface area (Å²) in [7, 11) is 0. The average Bonchev–Trinajstić information content (AvgIpc) is 3.28. The molecule has 0 radical (unpaired) electrons. The van der Waals surface area contributed by atoms with Crippen molar-refractivity contribution in [2.75, 3.05) is 0 Å². The summed E-state index contributed by atoms with van der Waals surface area (Å²) in [5.74, 6) is 0. The van der Waals surface area contributed by atoms with Crippen LogP contribution in [0, 0.1) is 0 Å². The third kappa shape index (κ3) is 5.22. The predicted octanol–water partition coefficient (Wildman–Crippen LogP) is 15.7. The number of benzene rings is 11. The van der Waals surface area contributed by atoms with Crippen molar-refractivity contribution in [3.05, 3.63) is 218 Å². The molecule has 0 atom stereocenters. The Morgan fingerprint density at radius 2 is 0.589 bits per heavy atom. The van der Waals surface area contributed by atoms with Gasteiger partial charge in [0.05, 0.1) is 0 Å². The molecule has 0 aromatic heterocycles. The molecule has 0 saturated heterocycles. The molecule has 0 N–H and O–H groups in total. The highest BCUT2D eigenvalue weighted by atomic mass is 14.2. The molecule has 0 heterocycles. The van der Waals surface area contributed by atoms with Gasteiger partial charge in [0, 0.05) is 0 Å². The summed E-state index contributed by atoms with van der Waals surface area (Å²) in [5.41, 5.74) is 14.8. The Bertz CT molecular complexity index is 3230. The lowest BCUT2D eigenvalue weighted by atomic mass is 9.81. The standard InChI is InChI=1S/C56H36/c1-3-16-38(17-4-1)43-21-9-12-24-46(43)49-31-29-40-30-32-51-53(47-25-13-10-22-44(47)39-18-5-2-6-19-39)36-54(52-34-33-50(49)55(40)56(51)52)48-26-14-11-23-45(48)42-28-27-37-15-7-8-20-41(37)35-42/h1-36H. The van der Waals surface area contributed by atoms with Crippen molar-refractivity contribution < 1.29 is 0 Å². The molecule has 0 aliphatic heterocycles. The van der Waals surface area contributed by atoms with Gasteiger partial charge in [-0.25, -0.2) is 0 Å². The molecule has 260 valence electrons. The summed E-state index contributed by atoms with van der Waals surface area (Å²) >= 11 is 0. The number of hydrogen-bond acceptors (Lipinski definition) is 0. The predicted molar refractivity (Wildman–Crippen MR) is 240 cm³/mol. The summed E-state index contributed by atoms with van der Waals surface area (Å²) in [6.45, 7) is 0. The Morgan fingerprint density at radius 1 is 0.179 bits per heavy atom. The maximum absolute atomic E-state index is 2.47. The van der Waals surface area contributed by atoms with E-state index in [2.05, 4.69) is 218 Å². The van der Waals surface area contributed by atoms with E-state index in [-0.39, 0.29) is 0 Å². The molecule has 11 aromatic carbocycles. The van der Waals surface area contributed by atoms with Gasteiger partial charge in [-0.1, -0.05) is 206 Å². The van der Waals surface area contributed by atoms with Crippen molar-refractivity contribution in [1.82, 2.24) is 0 Å². The second kappa shape index (κ2) is 13.2. The van der Waals surface area contributed by atoms with Gasteiger partial charge in [-0.05, 0) is 122 Å². The first-order valence-electron chi connectivity index (χ1n) is 19.4. The van der Waals surface area contributed by atoms with E-state index in [4.69, 9.17) is 0 Å². The van der Waals surface area contributed by atoms with E-state index in [1.807, 2.05) is 0 Å². The lowest BCUT2D eigenvalue weighted by Crippen LogP contribution is -1.95. The summed E-state index contributed by atoms with van der Waals surface area (Å²) < 4.78 is 0. The van der Waals surface area contributed by atoms with Crippen LogP contribution in [-0.4, -0.2) is 0 Å². The average molecular weight is 709 g/mol. The van der Waals surface area contributed by atoms with Crippen molar-refractivity contribution in [2.45, 2.75) is 0 Å². The Morgan fingerprint density at radius 3 is 1.18 bits per heavy atom. The fraction of sp³-hybridized carbons (Fsp3) is 0. The lowest BCUT2D eigenvalue weighted by Gasteiger charge is -2.22. The molecule has 56 heavy (non-hydrogen) atoms. The monoisotopic (exact) mass is 708 g/mol. The van der Waals surface area contributed by atoms with Crippen molar-refractivity contribution in [3.8, 4) is 66.8 Å². The normalized spacial score (nSPS) is 11.6. The molecule has 0 aliphatic rings. The molecule has 0 saturated carbocycles. The minimum Gasteiger partial charge on any atom is -0.0622 e. The van der Waals surface area contributed by atoms with E-state index >= 15 is 0 Å². The number of hydrogen-bond donors (Lipinski definition) is 0. The topological polar surface area (TPSA) is 0 Å². The lowest BCUT2D eigenvalue weighted by molar-refractivity contribution is 1.59. The molecule has 0 amide bonds.